The predicted molar refractivity (Wildman–Crippen MR) is 106 cm³/mol. The van der Waals surface area contributed by atoms with E-state index in [1.54, 1.807) is 36.1 Å². The zero-order valence-corrected chi connectivity index (χ0v) is 16.5. The Bertz CT molecular complexity index is 1190. The van der Waals surface area contributed by atoms with Crippen LogP contribution in [0.2, 0.25) is 0 Å². The number of thioether (sulfide) groups is 1. The van der Waals surface area contributed by atoms with Crippen molar-refractivity contribution in [2.45, 2.75) is 24.4 Å². The predicted octanol–water partition coefficient (Wildman–Crippen LogP) is 2.26. The quantitative estimate of drug-likeness (QED) is 0.262. The van der Waals surface area contributed by atoms with Crippen molar-refractivity contribution >= 4 is 23.3 Å². The minimum Gasteiger partial charge on any atom is -0.411 e. The minimum atomic E-state index is -0.466. The molecule has 0 fully saturated rings. The van der Waals surface area contributed by atoms with Gasteiger partial charge in [-0.2, -0.15) is 0 Å². The monoisotopic (exact) mass is 425 g/mol. The van der Waals surface area contributed by atoms with Crippen molar-refractivity contribution in [3.05, 3.63) is 63.9 Å². The highest BCUT2D eigenvalue weighted by Gasteiger charge is 2.13. The number of nitro groups is 1. The molecule has 0 saturated carbocycles. The zero-order chi connectivity index (χ0) is 21.1. The molecule has 4 aromatic rings. The number of nitrogens with two attached hydrogens (primary N) is 1. The standard InChI is InChI=1S/C17H15N9O3S/c1-10-19-6-12(15(18)20-10)7-25-8-13(21-24-25)9-30-17-23-22-16(29-17)11-2-4-14(5-3-11)26(27)28/h2-6,8H,7,9H2,1H3,(H2,18,19,20). The van der Waals surface area contributed by atoms with Crippen LogP contribution in [0.5, 0.6) is 0 Å². The molecule has 3 heterocycles. The van der Waals surface area contributed by atoms with E-state index >= 15 is 0 Å². The molecule has 0 amide bonds. The second-order valence-electron chi connectivity index (χ2n) is 6.20. The minimum absolute atomic E-state index is 0.00472. The van der Waals surface area contributed by atoms with Gasteiger partial charge in [0, 0.05) is 41.4 Å². The molecule has 0 spiro atoms. The summed E-state index contributed by atoms with van der Waals surface area (Å²) in [6, 6.07) is 5.89. The molecule has 13 heteroatoms. The molecular formula is C17H15N9O3S. The third kappa shape index (κ3) is 4.41. The summed E-state index contributed by atoms with van der Waals surface area (Å²) < 4.78 is 7.25. The number of hydrogen-bond donors (Lipinski definition) is 1. The van der Waals surface area contributed by atoms with Gasteiger partial charge in [-0.25, -0.2) is 14.6 Å². The third-order valence-electron chi connectivity index (χ3n) is 4.01. The lowest BCUT2D eigenvalue weighted by molar-refractivity contribution is -0.384. The first-order chi connectivity index (χ1) is 14.5. The average Bonchev–Trinajstić information content (AvgIpc) is 3.38. The molecule has 0 aliphatic heterocycles. The number of nitro benzene ring substituents is 1. The molecule has 0 bridgehead atoms. The lowest BCUT2D eigenvalue weighted by Gasteiger charge is -2.04. The molecule has 0 radical (unpaired) electrons. The SMILES string of the molecule is Cc1ncc(Cn2cc(CSc3nnc(-c4ccc([N+](=O)[O-])cc4)o3)nn2)c(N)n1. The van der Waals surface area contributed by atoms with Crippen LogP contribution in [0.25, 0.3) is 11.5 Å². The van der Waals surface area contributed by atoms with E-state index in [0.29, 0.717) is 34.7 Å². The van der Waals surface area contributed by atoms with Crippen LogP contribution in [-0.2, 0) is 12.3 Å². The second kappa shape index (κ2) is 8.24. The molecule has 1 aromatic carbocycles. The zero-order valence-electron chi connectivity index (χ0n) is 15.7. The third-order valence-corrected chi connectivity index (χ3v) is 4.86. The maximum absolute atomic E-state index is 10.7. The molecule has 3 aromatic heterocycles. The van der Waals surface area contributed by atoms with Crippen LogP contribution in [0.3, 0.4) is 0 Å². The van der Waals surface area contributed by atoms with Gasteiger partial charge in [-0.1, -0.05) is 17.0 Å². The van der Waals surface area contributed by atoms with Crippen molar-refractivity contribution < 1.29 is 9.34 Å². The highest BCUT2D eigenvalue weighted by Crippen LogP contribution is 2.26. The summed E-state index contributed by atoms with van der Waals surface area (Å²) in [6.07, 6.45) is 3.46. The van der Waals surface area contributed by atoms with Crippen LogP contribution in [0.15, 0.2) is 46.3 Å². The topological polar surface area (TPSA) is 165 Å². The van der Waals surface area contributed by atoms with Crippen LogP contribution >= 0.6 is 11.8 Å². The van der Waals surface area contributed by atoms with Crippen LogP contribution in [0.1, 0.15) is 17.1 Å². The van der Waals surface area contributed by atoms with Gasteiger partial charge in [0.2, 0.25) is 5.89 Å². The fourth-order valence-corrected chi connectivity index (χ4v) is 3.18. The molecule has 4 rings (SSSR count). The number of nitrogen functional groups attached to an aromatic ring is 1. The van der Waals surface area contributed by atoms with E-state index in [1.165, 1.54) is 23.9 Å². The maximum atomic E-state index is 10.7. The first kappa shape index (κ1) is 19.4. The Morgan fingerprint density at radius 2 is 2.03 bits per heavy atom. The number of rotatable bonds is 7. The summed E-state index contributed by atoms with van der Waals surface area (Å²) >= 11 is 1.31. The van der Waals surface area contributed by atoms with Gasteiger partial charge in [0.15, 0.2) is 0 Å². The molecule has 12 nitrogen and oxygen atoms in total. The molecule has 0 unspecified atom stereocenters. The van der Waals surface area contributed by atoms with Crippen molar-refractivity contribution in [2.75, 3.05) is 5.73 Å². The Kier molecular flexibility index (Phi) is 5.34. The number of hydrogen-bond acceptors (Lipinski definition) is 11. The van der Waals surface area contributed by atoms with E-state index < -0.39 is 4.92 Å². The molecule has 0 aliphatic carbocycles. The van der Waals surface area contributed by atoms with E-state index in [-0.39, 0.29) is 11.6 Å². The van der Waals surface area contributed by atoms with Crippen LogP contribution in [0.4, 0.5) is 11.5 Å². The molecule has 30 heavy (non-hydrogen) atoms. The number of non-ortho nitro benzene ring substituents is 1. The summed E-state index contributed by atoms with van der Waals surface area (Å²) in [7, 11) is 0. The van der Waals surface area contributed by atoms with Crippen molar-refractivity contribution in [2.24, 2.45) is 0 Å². The van der Waals surface area contributed by atoms with Crippen LogP contribution in [0, 0.1) is 17.0 Å². The summed E-state index contributed by atoms with van der Waals surface area (Å²) in [5, 5.41) is 27.3. The van der Waals surface area contributed by atoms with E-state index in [2.05, 4.69) is 30.5 Å². The van der Waals surface area contributed by atoms with Crippen LogP contribution in [-0.4, -0.2) is 40.1 Å². The molecule has 2 N–H and O–H groups in total. The number of anilines is 1. The first-order valence-electron chi connectivity index (χ1n) is 8.66. The second-order valence-corrected chi connectivity index (χ2v) is 7.13. The first-order valence-corrected chi connectivity index (χ1v) is 9.64. The normalized spacial score (nSPS) is 11.0. The Balaban J connectivity index is 1.37. The van der Waals surface area contributed by atoms with Crippen LogP contribution < -0.4 is 5.73 Å². The number of benzene rings is 1. The largest absolute Gasteiger partial charge is 0.411 e. The highest BCUT2D eigenvalue weighted by atomic mass is 32.2. The fraction of sp³-hybridized carbons (Fsp3) is 0.176. The molecule has 152 valence electrons. The fourth-order valence-electron chi connectivity index (χ4n) is 2.54. The van der Waals surface area contributed by atoms with E-state index in [9.17, 15) is 10.1 Å². The Hall–Kier alpha value is -3.87. The summed E-state index contributed by atoms with van der Waals surface area (Å²) in [5.74, 6) is 1.78. The molecular weight excluding hydrogens is 410 g/mol. The lowest BCUT2D eigenvalue weighted by Crippen LogP contribution is -2.07. The average molecular weight is 425 g/mol. The van der Waals surface area contributed by atoms with Gasteiger partial charge >= 0.3 is 0 Å². The Morgan fingerprint density at radius 3 is 2.77 bits per heavy atom. The van der Waals surface area contributed by atoms with Crippen molar-refractivity contribution in [3.8, 4) is 11.5 Å². The van der Waals surface area contributed by atoms with Gasteiger partial charge in [-0.05, 0) is 19.1 Å². The van der Waals surface area contributed by atoms with Gasteiger partial charge in [0.25, 0.3) is 10.9 Å². The molecule has 0 aliphatic rings. The number of aromatic nitrogens is 7. The summed E-state index contributed by atoms with van der Waals surface area (Å²) in [4.78, 5) is 18.5. The Morgan fingerprint density at radius 1 is 1.23 bits per heavy atom. The molecule has 0 saturated heterocycles. The van der Waals surface area contributed by atoms with E-state index in [1.807, 2.05) is 0 Å². The van der Waals surface area contributed by atoms with Gasteiger partial charge in [0.05, 0.1) is 17.2 Å². The van der Waals surface area contributed by atoms with Gasteiger partial charge in [0.1, 0.15) is 11.6 Å². The maximum Gasteiger partial charge on any atom is 0.277 e. The highest BCUT2D eigenvalue weighted by molar-refractivity contribution is 7.98. The number of nitrogens with zero attached hydrogens (tertiary/aromatic N) is 8. The van der Waals surface area contributed by atoms with Gasteiger partial charge < -0.3 is 10.2 Å². The summed E-state index contributed by atoms with van der Waals surface area (Å²) in [5.41, 5.74) is 7.98. The smallest absolute Gasteiger partial charge is 0.277 e. The van der Waals surface area contributed by atoms with Gasteiger partial charge in [-0.3, -0.25) is 10.1 Å². The lowest BCUT2D eigenvalue weighted by atomic mass is 10.2. The van der Waals surface area contributed by atoms with Gasteiger partial charge in [-0.15, -0.1) is 15.3 Å². The van der Waals surface area contributed by atoms with Crippen molar-refractivity contribution in [3.63, 3.8) is 0 Å². The summed E-state index contributed by atoms with van der Waals surface area (Å²) in [6.45, 7) is 2.18. The number of aryl methyl sites for hydroxylation is 1. The molecule has 0 atom stereocenters. The van der Waals surface area contributed by atoms with Crippen molar-refractivity contribution in [1.29, 1.82) is 0 Å². The van der Waals surface area contributed by atoms with E-state index in [4.69, 9.17) is 10.2 Å². The van der Waals surface area contributed by atoms with Crippen molar-refractivity contribution in [1.82, 2.24) is 35.2 Å². The Labute approximate surface area is 173 Å². The van der Waals surface area contributed by atoms with E-state index in [0.717, 1.165) is 11.3 Å².